The van der Waals surface area contributed by atoms with Crippen LogP contribution in [0, 0.1) is 5.92 Å². The second kappa shape index (κ2) is 11.1. The van der Waals surface area contributed by atoms with Gasteiger partial charge >= 0.3 is 0 Å². The van der Waals surface area contributed by atoms with Gasteiger partial charge < -0.3 is 9.47 Å². The van der Waals surface area contributed by atoms with Gasteiger partial charge in [0.05, 0.1) is 0 Å². The van der Waals surface area contributed by atoms with Crippen molar-refractivity contribution in [1.82, 2.24) is 5.43 Å². The second-order valence-corrected chi connectivity index (χ2v) is 8.08. The van der Waals surface area contributed by atoms with Crippen molar-refractivity contribution in [2.75, 3.05) is 11.7 Å². The Balaban J connectivity index is 1.28. The average Bonchev–Trinajstić information content (AvgIpc) is 3.32. The lowest BCUT2D eigenvalue weighted by Crippen LogP contribution is -2.28. The Bertz CT molecular complexity index is 1110. The highest BCUT2D eigenvalue weighted by Gasteiger charge is 2.19. The molecule has 7 nitrogen and oxygen atoms in total. The van der Waals surface area contributed by atoms with Crippen molar-refractivity contribution in [3.05, 3.63) is 84.4 Å². The maximum absolute atomic E-state index is 13.0. The molecular formula is C27H27N3O4. The molecule has 0 bridgehead atoms. The van der Waals surface area contributed by atoms with Crippen molar-refractivity contribution in [1.29, 1.82) is 0 Å². The van der Waals surface area contributed by atoms with Gasteiger partial charge in [0.2, 0.25) is 18.6 Å². The largest absolute Gasteiger partial charge is 0.454 e. The summed E-state index contributed by atoms with van der Waals surface area (Å²) in [4.78, 5) is 26.9. The molecule has 7 heteroatoms. The molecule has 2 amide bonds. The molecule has 0 spiro atoms. The van der Waals surface area contributed by atoms with E-state index in [2.05, 4.69) is 10.5 Å². The summed E-state index contributed by atoms with van der Waals surface area (Å²) in [6.45, 7) is 2.26. The molecule has 1 N–H and O–H groups in total. The van der Waals surface area contributed by atoms with E-state index in [1.165, 1.54) is 0 Å². The van der Waals surface area contributed by atoms with Crippen LogP contribution in [0.25, 0.3) is 0 Å². The topological polar surface area (TPSA) is 80.2 Å². The van der Waals surface area contributed by atoms with Gasteiger partial charge in [0.15, 0.2) is 11.5 Å². The van der Waals surface area contributed by atoms with Crippen LogP contribution in [0.15, 0.2) is 84.0 Å². The molecule has 4 rings (SSSR count). The SMILES string of the molecule is C[C@H](/C=N\NC(=O)CCC(=O)N(c1ccccc1)c1ccccc1)Cc1ccc2c(c1)OCO2. The van der Waals surface area contributed by atoms with E-state index >= 15 is 0 Å². The first-order valence-corrected chi connectivity index (χ1v) is 11.2. The third kappa shape index (κ3) is 6.01. The molecular weight excluding hydrogens is 430 g/mol. The van der Waals surface area contributed by atoms with E-state index < -0.39 is 0 Å². The average molecular weight is 458 g/mol. The lowest BCUT2D eigenvalue weighted by Gasteiger charge is -2.23. The van der Waals surface area contributed by atoms with Crippen molar-refractivity contribution >= 4 is 29.4 Å². The van der Waals surface area contributed by atoms with E-state index in [1.807, 2.05) is 85.8 Å². The van der Waals surface area contributed by atoms with Gasteiger partial charge in [-0.05, 0) is 54.3 Å². The summed E-state index contributed by atoms with van der Waals surface area (Å²) >= 11 is 0. The molecule has 0 aliphatic carbocycles. The number of carbonyl (C=O) groups is 2. The zero-order valence-corrected chi connectivity index (χ0v) is 19.0. The van der Waals surface area contributed by atoms with E-state index in [0.717, 1.165) is 34.9 Å². The molecule has 0 aromatic heterocycles. The van der Waals surface area contributed by atoms with Crippen LogP contribution in [0.5, 0.6) is 11.5 Å². The number of ether oxygens (including phenoxy) is 2. The Morgan fingerprint density at radius 3 is 2.26 bits per heavy atom. The van der Waals surface area contributed by atoms with Gasteiger partial charge in [-0.1, -0.05) is 49.4 Å². The Labute approximate surface area is 199 Å². The Morgan fingerprint density at radius 1 is 0.941 bits per heavy atom. The standard InChI is InChI=1S/C27H27N3O4/c1-20(16-21-12-13-24-25(17-21)34-19-33-24)18-28-29-26(31)14-15-27(32)30(22-8-4-2-5-9-22)23-10-6-3-7-11-23/h2-13,17-18,20H,14-16,19H2,1H3,(H,29,31)/b28-18-/t20-/m0/s1. The number of para-hydroxylation sites is 2. The summed E-state index contributed by atoms with van der Waals surface area (Å²) in [5.74, 6) is 1.15. The second-order valence-electron chi connectivity index (χ2n) is 8.08. The molecule has 34 heavy (non-hydrogen) atoms. The summed E-state index contributed by atoms with van der Waals surface area (Å²) in [7, 11) is 0. The minimum atomic E-state index is -0.305. The monoisotopic (exact) mass is 457 g/mol. The van der Waals surface area contributed by atoms with E-state index in [1.54, 1.807) is 11.1 Å². The molecule has 0 saturated heterocycles. The lowest BCUT2D eigenvalue weighted by molar-refractivity contribution is -0.124. The highest BCUT2D eigenvalue weighted by molar-refractivity contribution is 6.01. The number of hydrogen-bond donors (Lipinski definition) is 1. The van der Waals surface area contributed by atoms with Crippen LogP contribution in [-0.2, 0) is 16.0 Å². The summed E-state index contributed by atoms with van der Waals surface area (Å²) < 4.78 is 10.7. The molecule has 0 radical (unpaired) electrons. The third-order valence-corrected chi connectivity index (χ3v) is 5.36. The number of benzene rings is 3. The fraction of sp³-hybridized carbons (Fsp3) is 0.222. The molecule has 0 saturated carbocycles. The van der Waals surface area contributed by atoms with Gasteiger partial charge in [-0.25, -0.2) is 5.43 Å². The zero-order chi connectivity index (χ0) is 23.8. The molecule has 0 unspecified atom stereocenters. The Morgan fingerprint density at radius 2 is 1.59 bits per heavy atom. The number of nitrogens with one attached hydrogen (secondary N) is 1. The van der Waals surface area contributed by atoms with Crippen molar-refractivity contribution < 1.29 is 19.1 Å². The maximum Gasteiger partial charge on any atom is 0.240 e. The summed E-state index contributed by atoms with van der Waals surface area (Å²) in [6, 6.07) is 24.7. The first-order valence-electron chi connectivity index (χ1n) is 11.2. The molecule has 174 valence electrons. The number of fused-ring (bicyclic) bond motifs is 1. The highest BCUT2D eigenvalue weighted by atomic mass is 16.7. The van der Waals surface area contributed by atoms with Gasteiger partial charge in [0.1, 0.15) is 0 Å². The third-order valence-electron chi connectivity index (χ3n) is 5.36. The van der Waals surface area contributed by atoms with Crippen LogP contribution in [0.4, 0.5) is 11.4 Å². The minimum absolute atomic E-state index is 0.0445. The van der Waals surface area contributed by atoms with Crippen LogP contribution < -0.4 is 19.8 Å². The predicted molar refractivity (Wildman–Crippen MR) is 131 cm³/mol. The molecule has 1 aliphatic heterocycles. The van der Waals surface area contributed by atoms with E-state index in [9.17, 15) is 9.59 Å². The smallest absolute Gasteiger partial charge is 0.240 e. The molecule has 1 atom stereocenters. The molecule has 1 aliphatic rings. The number of hydrogen-bond acceptors (Lipinski definition) is 5. The quantitative estimate of drug-likeness (QED) is 0.368. The van der Waals surface area contributed by atoms with Crippen molar-refractivity contribution in [2.24, 2.45) is 11.0 Å². The number of hydrazone groups is 1. The molecule has 1 heterocycles. The van der Waals surface area contributed by atoms with Crippen molar-refractivity contribution in [3.63, 3.8) is 0 Å². The zero-order valence-electron chi connectivity index (χ0n) is 19.0. The normalized spacial score (nSPS) is 13.0. The van der Waals surface area contributed by atoms with Gasteiger partial charge in [0.25, 0.3) is 0 Å². The van der Waals surface area contributed by atoms with Crippen molar-refractivity contribution in [2.45, 2.75) is 26.2 Å². The number of amides is 2. The predicted octanol–water partition coefficient (Wildman–Crippen LogP) is 4.84. The van der Waals surface area contributed by atoms with Gasteiger partial charge in [-0.2, -0.15) is 5.10 Å². The first kappa shape index (κ1) is 23.0. The van der Waals surface area contributed by atoms with Crippen LogP contribution >= 0.6 is 0 Å². The number of anilines is 2. The van der Waals surface area contributed by atoms with E-state index in [4.69, 9.17) is 9.47 Å². The summed E-state index contributed by atoms with van der Waals surface area (Å²) in [5.41, 5.74) is 5.15. The maximum atomic E-state index is 13.0. The Hall–Kier alpha value is -4.13. The highest BCUT2D eigenvalue weighted by Crippen LogP contribution is 2.33. The molecule has 3 aromatic rings. The Kier molecular flexibility index (Phi) is 7.55. The fourth-order valence-electron chi connectivity index (χ4n) is 3.71. The number of carbonyl (C=O) groups excluding carboxylic acids is 2. The van der Waals surface area contributed by atoms with E-state index in [-0.39, 0.29) is 37.4 Å². The minimum Gasteiger partial charge on any atom is -0.454 e. The number of rotatable bonds is 9. The van der Waals surface area contributed by atoms with Crippen LogP contribution in [-0.4, -0.2) is 24.8 Å². The fourth-order valence-corrected chi connectivity index (χ4v) is 3.71. The molecule has 0 fully saturated rings. The van der Waals surface area contributed by atoms with E-state index in [0.29, 0.717) is 0 Å². The van der Waals surface area contributed by atoms with Crippen LogP contribution in [0.3, 0.4) is 0 Å². The van der Waals surface area contributed by atoms with Crippen LogP contribution in [0.1, 0.15) is 25.3 Å². The van der Waals surface area contributed by atoms with Crippen LogP contribution in [0.2, 0.25) is 0 Å². The van der Waals surface area contributed by atoms with Gasteiger partial charge in [0, 0.05) is 30.4 Å². The number of nitrogens with zero attached hydrogens (tertiary/aromatic N) is 2. The summed E-state index contributed by atoms with van der Waals surface area (Å²) in [6.07, 6.45) is 2.56. The van der Waals surface area contributed by atoms with Gasteiger partial charge in [-0.15, -0.1) is 0 Å². The summed E-state index contributed by atoms with van der Waals surface area (Å²) in [5, 5.41) is 4.07. The van der Waals surface area contributed by atoms with Gasteiger partial charge in [-0.3, -0.25) is 14.5 Å². The van der Waals surface area contributed by atoms with Crippen molar-refractivity contribution in [3.8, 4) is 11.5 Å². The first-order chi connectivity index (χ1) is 16.6. The lowest BCUT2D eigenvalue weighted by atomic mass is 10.0. The molecule has 3 aromatic carbocycles.